The zero-order chi connectivity index (χ0) is 17.7. The molecule has 7 heteroatoms. The fraction of sp³-hybridized carbons (Fsp3) is 0.588. The van der Waals surface area contributed by atoms with E-state index in [0.29, 0.717) is 26.1 Å². The van der Waals surface area contributed by atoms with Gasteiger partial charge in [-0.15, -0.1) is 0 Å². The maximum Gasteiger partial charge on any atom is 0.317 e. The van der Waals surface area contributed by atoms with Gasteiger partial charge in [-0.2, -0.15) is 0 Å². The Balaban J connectivity index is 1.82. The average molecular weight is 354 g/mol. The van der Waals surface area contributed by atoms with Crippen molar-refractivity contribution in [1.29, 1.82) is 0 Å². The number of ether oxygens (including phenoxy) is 1. The van der Waals surface area contributed by atoms with Gasteiger partial charge in [-0.25, -0.2) is 13.2 Å². The Morgan fingerprint density at radius 1 is 1.33 bits per heavy atom. The minimum absolute atomic E-state index is 0.0627. The number of urea groups is 1. The van der Waals surface area contributed by atoms with E-state index in [1.165, 1.54) is 0 Å². The molecule has 0 saturated carbocycles. The molecule has 1 N–H and O–H groups in total. The molecular weight excluding hydrogens is 328 g/mol. The first-order valence-corrected chi connectivity index (χ1v) is 10.1. The van der Waals surface area contributed by atoms with Crippen LogP contribution in [0.1, 0.15) is 24.5 Å². The van der Waals surface area contributed by atoms with Crippen LogP contribution in [0.25, 0.3) is 0 Å². The van der Waals surface area contributed by atoms with Gasteiger partial charge in [0, 0.05) is 12.6 Å². The summed E-state index contributed by atoms with van der Waals surface area (Å²) in [6.45, 7) is 7.07. The van der Waals surface area contributed by atoms with E-state index in [1.807, 2.05) is 39.0 Å². The molecule has 1 aromatic carbocycles. The highest BCUT2D eigenvalue weighted by Gasteiger charge is 2.33. The van der Waals surface area contributed by atoms with E-state index in [0.717, 1.165) is 16.9 Å². The number of aryl methyl sites for hydroxylation is 2. The maximum absolute atomic E-state index is 12.3. The summed E-state index contributed by atoms with van der Waals surface area (Å²) in [5, 5.41) is 2.81. The maximum atomic E-state index is 12.3. The molecule has 0 aliphatic carbocycles. The van der Waals surface area contributed by atoms with Crippen LogP contribution in [0.5, 0.6) is 5.75 Å². The largest absolute Gasteiger partial charge is 0.491 e. The van der Waals surface area contributed by atoms with E-state index in [2.05, 4.69) is 5.32 Å². The molecular formula is C17H26N2O4S. The summed E-state index contributed by atoms with van der Waals surface area (Å²) in [6, 6.07) is 5.50. The molecule has 2 amide bonds. The lowest BCUT2D eigenvalue weighted by Gasteiger charge is -2.27. The minimum Gasteiger partial charge on any atom is -0.491 e. The van der Waals surface area contributed by atoms with Gasteiger partial charge in [-0.1, -0.05) is 18.2 Å². The van der Waals surface area contributed by atoms with Crippen LogP contribution in [-0.4, -0.2) is 56.6 Å². The molecule has 1 aliphatic rings. The van der Waals surface area contributed by atoms with Gasteiger partial charge < -0.3 is 15.0 Å². The standard InChI is InChI=1S/C17H26N2O4S/c1-4-19(15-8-11-24(21,22)12-15)17(20)18-9-10-23-16-13(2)6-5-7-14(16)3/h5-7,15H,4,8-12H2,1-3H3,(H,18,20). The monoisotopic (exact) mass is 354 g/mol. The Bertz CT molecular complexity index is 668. The molecule has 1 heterocycles. The second-order valence-electron chi connectivity index (χ2n) is 6.14. The lowest BCUT2D eigenvalue weighted by atomic mass is 10.1. The minimum atomic E-state index is -3.00. The van der Waals surface area contributed by atoms with Crippen molar-refractivity contribution in [2.45, 2.75) is 33.2 Å². The van der Waals surface area contributed by atoms with Crippen molar-refractivity contribution in [3.8, 4) is 5.75 Å². The third kappa shape index (κ3) is 4.63. The van der Waals surface area contributed by atoms with Gasteiger partial charge in [0.1, 0.15) is 12.4 Å². The first kappa shape index (κ1) is 18.6. The van der Waals surface area contributed by atoms with Crippen LogP contribution < -0.4 is 10.1 Å². The Labute approximate surface area is 144 Å². The number of hydrogen-bond acceptors (Lipinski definition) is 4. The Kier molecular flexibility index (Phi) is 6.10. The molecule has 0 spiro atoms. The number of para-hydroxylation sites is 1. The molecule has 0 bridgehead atoms. The van der Waals surface area contributed by atoms with Crippen molar-refractivity contribution in [3.63, 3.8) is 0 Å². The molecule has 24 heavy (non-hydrogen) atoms. The predicted octanol–water partition coefficient (Wildman–Crippen LogP) is 1.90. The van der Waals surface area contributed by atoms with Gasteiger partial charge in [0.2, 0.25) is 0 Å². The molecule has 2 rings (SSSR count). The number of carbonyl (C=O) groups is 1. The summed E-state index contributed by atoms with van der Waals surface area (Å²) < 4.78 is 28.9. The highest BCUT2D eigenvalue weighted by atomic mass is 32.2. The molecule has 1 fully saturated rings. The van der Waals surface area contributed by atoms with Crippen LogP contribution in [-0.2, 0) is 9.84 Å². The summed E-state index contributed by atoms with van der Waals surface area (Å²) in [7, 11) is -3.00. The van der Waals surface area contributed by atoms with Crippen LogP contribution in [0.3, 0.4) is 0 Å². The van der Waals surface area contributed by atoms with E-state index < -0.39 is 9.84 Å². The fourth-order valence-corrected chi connectivity index (χ4v) is 4.76. The smallest absolute Gasteiger partial charge is 0.317 e. The predicted molar refractivity (Wildman–Crippen MR) is 94.2 cm³/mol. The molecule has 1 aliphatic heterocycles. The van der Waals surface area contributed by atoms with Gasteiger partial charge in [0.15, 0.2) is 9.84 Å². The topological polar surface area (TPSA) is 75.7 Å². The van der Waals surface area contributed by atoms with Gasteiger partial charge >= 0.3 is 6.03 Å². The summed E-state index contributed by atoms with van der Waals surface area (Å²) in [6.07, 6.45) is 0.516. The Hall–Kier alpha value is -1.76. The summed E-state index contributed by atoms with van der Waals surface area (Å²) in [5.74, 6) is 1.07. The number of rotatable bonds is 6. The van der Waals surface area contributed by atoms with E-state index in [4.69, 9.17) is 4.74 Å². The van der Waals surface area contributed by atoms with Crippen LogP contribution in [0.15, 0.2) is 18.2 Å². The lowest BCUT2D eigenvalue weighted by molar-refractivity contribution is 0.181. The zero-order valence-corrected chi connectivity index (χ0v) is 15.4. The van der Waals surface area contributed by atoms with Gasteiger partial charge in [-0.3, -0.25) is 0 Å². The van der Waals surface area contributed by atoms with Crippen LogP contribution in [0.2, 0.25) is 0 Å². The quantitative estimate of drug-likeness (QED) is 0.792. The van der Waals surface area contributed by atoms with Crippen LogP contribution >= 0.6 is 0 Å². The first-order valence-electron chi connectivity index (χ1n) is 8.28. The van der Waals surface area contributed by atoms with Crippen LogP contribution in [0, 0.1) is 13.8 Å². The molecule has 134 valence electrons. The fourth-order valence-electron chi connectivity index (χ4n) is 3.03. The third-order valence-corrected chi connectivity index (χ3v) is 6.03. The van der Waals surface area contributed by atoms with Crippen molar-refractivity contribution in [1.82, 2.24) is 10.2 Å². The van der Waals surface area contributed by atoms with Crippen molar-refractivity contribution in [2.24, 2.45) is 0 Å². The van der Waals surface area contributed by atoms with E-state index in [9.17, 15) is 13.2 Å². The van der Waals surface area contributed by atoms with Crippen molar-refractivity contribution < 1.29 is 17.9 Å². The second-order valence-corrected chi connectivity index (χ2v) is 8.37. The molecule has 1 atom stereocenters. The number of carbonyl (C=O) groups excluding carboxylic acids is 1. The summed E-state index contributed by atoms with van der Waals surface area (Å²) in [5.41, 5.74) is 2.13. The molecule has 1 saturated heterocycles. The van der Waals surface area contributed by atoms with E-state index >= 15 is 0 Å². The molecule has 6 nitrogen and oxygen atoms in total. The van der Waals surface area contributed by atoms with Gasteiger partial charge in [0.25, 0.3) is 0 Å². The van der Waals surface area contributed by atoms with Crippen molar-refractivity contribution >= 4 is 15.9 Å². The highest BCUT2D eigenvalue weighted by molar-refractivity contribution is 7.91. The molecule has 0 radical (unpaired) electrons. The molecule has 1 unspecified atom stereocenters. The van der Waals surface area contributed by atoms with Crippen LogP contribution in [0.4, 0.5) is 4.79 Å². The normalized spacial score (nSPS) is 19.0. The SMILES string of the molecule is CCN(C(=O)NCCOc1c(C)cccc1C)C1CCS(=O)(=O)C1. The number of nitrogens with zero attached hydrogens (tertiary/aromatic N) is 1. The number of amides is 2. The summed E-state index contributed by atoms with van der Waals surface area (Å²) in [4.78, 5) is 13.9. The zero-order valence-electron chi connectivity index (χ0n) is 14.5. The van der Waals surface area contributed by atoms with Crippen molar-refractivity contribution in [2.75, 3.05) is 31.2 Å². The summed E-state index contributed by atoms with van der Waals surface area (Å²) >= 11 is 0. The number of hydrogen-bond donors (Lipinski definition) is 1. The van der Waals surface area contributed by atoms with Crippen molar-refractivity contribution in [3.05, 3.63) is 29.3 Å². The number of sulfone groups is 1. The average Bonchev–Trinajstić information content (AvgIpc) is 2.86. The number of nitrogens with one attached hydrogen (secondary N) is 1. The molecule has 1 aromatic rings. The Morgan fingerprint density at radius 3 is 2.54 bits per heavy atom. The number of benzene rings is 1. The Morgan fingerprint density at radius 2 is 2.00 bits per heavy atom. The van der Waals surface area contributed by atoms with E-state index in [1.54, 1.807) is 4.90 Å². The lowest BCUT2D eigenvalue weighted by Crippen LogP contribution is -2.47. The third-order valence-electron chi connectivity index (χ3n) is 4.28. The molecule has 0 aromatic heterocycles. The second kappa shape index (κ2) is 7.88. The van der Waals surface area contributed by atoms with E-state index in [-0.39, 0.29) is 23.6 Å². The van der Waals surface area contributed by atoms with Gasteiger partial charge in [-0.05, 0) is 38.3 Å². The van der Waals surface area contributed by atoms with Gasteiger partial charge in [0.05, 0.1) is 18.1 Å². The highest BCUT2D eigenvalue weighted by Crippen LogP contribution is 2.22. The first-order chi connectivity index (χ1) is 11.3.